The van der Waals surface area contributed by atoms with Crippen LogP contribution in [-0.4, -0.2) is 17.3 Å². The molecular weight excluding hydrogens is 212 g/mol. The van der Waals surface area contributed by atoms with Crippen LogP contribution in [0.1, 0.15) is 49.8 Å². The maximum Gasteiger partial charge on any atom is 0.108 e. The molecule has 0 aliphatic heterocycles. The van der Waals surface area contributed by atoms with Gasteiger partial charge in [0.1, 0.15) is 6.10 Å². The van der Waals surface area contributed by atoms with E-state index in [9.17, 15) is 5.11 Å². The summed E-state index contributed by atoms with van der Waals surface area (Å²) in [5.41, 5.74) is 1.81. The lowest BCUT2D eigenvalue weighted by Crippen LogP contribution is -2.37. The van der Waals surface area contributed by atoms with Crippen molar-refractivity contribution in [3.63, 3.8) is 0 Å². The average molecular weight is 234 g/mol. The molecule has 1 fully saturated rings. The van der Waals surface area contributed by atoms with Crippen LogP contribution in [0.15, 0.2) is 24.3 Å². The van der Waals surface area contributed by atoms with Gasteiger partial charge in [0.05, 0.1) is 5.60 Å². The molecule has 0 heterocycles. The first-order chi connectivity index (χ1) is 8.19. The molecule has 1 saturated carbocycles. The molecular formula is C15H22O2. The van der Waals surface area contributed by atoms with E-state index in [2.05, 4.69) is 0 Å². The molecule has 1 unspecified atom stereocenters. The molecule has 0 saturated heterocycles. The first kappa shape index (κ1) is 12.6. The molecule has 0 amide bonds. The Hall–Kier alpha value is -0.860. The second-order valence-electron chi connectivity index (χ2n) is 4.96. The molecule has 2 heteroatoms. The Labute approximate surface area is 104 Å². The molecule has 1 aliphatic rings. The second-order valence-corrected chi connectivity index (χ2v) is 4.96. The van der Waals surface area contributed by atoms with E-state index in [1.807, 2.05) is 38.1 Å². The standard InChI is InChI=1S/C15H22O2/c1-3-17-15(10-6-7-11-15)14(16)13-9-5-4-8-12(13)2/h4-5,8-9,14,16H,3,6-7,10-11H2,1-2H3. The van der Waals surface area contributed by atoms with Gasteiger partial charge >= 0.3 is 0 Å². The molecule has 17 heavy (non-hydrogen) atoms. The van der Waals surface area contributed by atoms with Crippen molar-refractivity contribution in [3.8, 4) is 0 Å². The zero-order valence-corrected chi connectivity index (χ0v) is 10.8. The van der Waals surface area contributed by atoms with Crippen molar-refractivity contribution in [2.24, 2.45) is 0 Å². The van der Waals surface area contributed by atoms with Crippen LogP contribution in [0.5, 0.6) is 0 Å². The molecule has 94 valence electrons. The Morgan fingerprint density at radius 1 is 1.29 bits per heavy atom. The first-order valence-corrected chi connectivity index (χ1v) is 6.57. The van der Waals surface area contributed by atoms with E-state index >= 15 is 0 Å². The third kappa shape index (κ3) is 2.38. The molecule has 1 N–H and O–H groups in total. The van der Waals surface area contributed by atoms with Gasteiger partial charge in [-0.05, 0) is 37.8 Å². The summed E-state index contributed by atoms with van der Waals surface area (Å²) in [5.74, 6) is 0. The Balaban J connectivity index is 2.28. The third-order valence-electron chi connectivity index (χ3n) is 3.86. The molecule has 0 bridgehead atoms. The summed E-state index contributed by atoms with van der Waals surface area (Å²) in [6.45, 7) is 4.72. The fourth-order valence-electron chi connectivity index (χ4n) is 2.93. The van der Waals surface area contributed by atoms with E-state index in [0.29, 0.717) is 6.61 Å². The van der Waals surface area contributed by atoms with Gasteiger partial charge in [0.25, 0.3) is 0 Å². The molecule has 0 radical (unpaired) electrons. The highest BCUT2D eigenvalue weighted by Crippen LogP contribution is 2.43. The number of rotatable bonds is 4. The first-order valence-electron chi connectivity index (χ1n) is 6.57. The zero-order valence-electron chi connectivity index (χ0n) is 10.8. The van der Waals surface area contributed by atoms with Crippen LogP contribution < -0.4 is 0 Å². The lowest BCUT2D eigenvalue weighted by Gasteiger charge is -2.35. The monoisotopic (exact) mass is 234 g/mol. The fourth-order valence-corrected chi connectivity index (χ4v) is 2.93. The normalized spacial score (nSPS) is 20.4. The minimum absolute atomic E-state index is 0.346. The van der Waals surface area contributed by atoms with Gasteiger partial charge < -0.3 is 9.84 Å². The Morgan fingerprint density at radius 3 is 2.53 bits per heavy atom. The molecule has 1 aliphatic carbocycles. The van der Waals surface area contributed by atoms with Gasteiger partial charge in [-0.1, -0.05) is 37.1 Å². The van der Waals surface area contributed by atoms with Gasteiger partial charge in [-0.3, -0.25) is 0 Å². The molecule has 2 nitrogen and oxygen atoms in total. The smallest absolute Gasteiger partial charge is 0.108 e. The quantitative estimate of drug-likeness (QED) is 0.865. The summed E-state index contributed by atoms with van der Waals surface area (Å²) in [6, 6.07) is 8.06. The number of aliphatic hydroxyl groups is 1. The SMILES string of the molecule is CCOC1(C(O)c2ccccc2C)CCCC1. The van der Waals surface area contributed by atoms with Crippen molar-refractivity contribution in [1.29, 1.82) is 0 Å². The summed E-state index contributed by atoms with van der Waals surface area (Å²) < 4.78 is 5.91. The number of ether oxygens (including phenoxy) is 1. The lowest BCUT2D eigenvalue weighted by atomic mass is 9.87. The molecule has 1 aromatic carbocycles. The molecule has 0 aromatic heterocycles. The number of aliphatic hydroxyl groups excluding tert-OH is 1. The van der Waals surface area contributed by atoms with E-state index in [1.54, 1.807) is 0 Å². The summed E-state index contributed by atoms with van der Waals surface area (Å²) in [7, 11) is 0. The van der Waals surface area contributed by atoms with Crippen molar-refractivity contribution in [1.82, 2.24) is 0 Å². The summed E-state index contributed by atoms with van der Waals surface area (Å²) in [5, 5.41) is 10.7. The van der Waals surface area contributed by atoms with Crippen molar-refractivity contribution in [3.05, 3.63) is 35.4 Å². The van der Waals surface area contributed by atoms with Crippen molar-refractivity contribution in [2.75, 3.05) is 6.61 Å². The number of hydrogen-bond donors (Lipinski definition) is 1. The van der Waals surface area contributed by atoms with Crippen LogP contribution in [0, 0.1) is 6.92 Å². The largest absolute Gasteiger partial charge is 0.385 e. The van der Waals surface area contributed by atoms with Crippen LogP contribution in [-0.2, 0) is 4.74 Å². The van der Waals surface area contributed by atoms with E-state index in [0.717, 1.165) is 36.8 Å². The average Bonchev–Trinajstić information content (AvgIpc) is 2.79. The predicted octanol–water partition coefficient (Wildman–Crippen LogP) is 3.38. The fraction of sp³-hybridized carbons (Fsp3) is 0.600. The van der Waals surface area contributed by atoms with Gasteiger partial charge in [0, 0.05) is 6.61 Å². The van der Waals surface area contributed by atoms with Gasteiger partial charge in [0.2, 0.25) is 0 Å². The third-order valence-corrected chi connectivity index (χ3v) is 3.86. The maximum absolute atomic E-state index is 10.7. The van der Waals surface area contributed by atoms with E-state index in [-0.39, 0.29) is 5.60 Å². The van der Waals surface area contributed by atoms with Crippen LogP contribution >= 0.6 is 0 Å². The van der Waals surface area contributed by atoms with E-state index < -0.39 is 6.10 Å². The minimum atomic E-state index is -0.494. The molecule has 1 aromatic rings. The highest BCUT2D eigenvalue weighted by atomic mass is 16.5. The predicted molar refractivity (Wildman–Crippen MR) is 69.0 cm³/mol. The minimum Gasteiger partial charge on any atom is -0.385 e. The van der Waals surface area contributed by atoms with Crippen LogP contribution in [0.4, 0.5) is 0 Å². The highest BCUT2D eigenvalue weighted by molar-refractivity contribution is 5.30. The van der Waals surface area contributed by atoms with E-state index in [1.165, 1.54) is 0 Å². The van der Waals surface area contributed by atoms with Gasteiger partial charge in [-0.15, -0.1) is 0 Å². The zero-order chi connectivity index (χ0) is 12.3. The molecule has 1 atom stereocenters. The van der Waals surface area contributed by atoms with Crippen LogP contribution in [0.2, 0.25) is 0 Å². The van der Waals surface area contributed by atoms with E-state index in [4.69, 9.17) is 4.74 Å². The van der Waals surface area contributed by atoms with Crippen molar-refractivity contribution in [2.45, 2.75) is 51.2 Å². The van der Waals surface area contributed by atoms with Gasteiger partial charge in [-0.2, -0.15) is 0 Å². The number of aryl methyl sites for hydroxylation is 1. The van der Waals surface area contributed by atoms with Gasteiger partial charge in [0.15, 0.2) is 0 Å². The van der Waals surface area contributed by atoms with Crippen LogP contribution in [0.3, 0.4) is 0 Å². The van der Waals surface area contributed by atoms with Crippen molar-refractivity contribution >= 4 is 0 Å². The Morgan fingerprint density at radius 2 is 1.94 bits per heavy atom. The van der Waals surface area contributed by atoms with Gasteiger partial charge in [-0.25, -0.2) is 0 Å². The second kappa shape index (κ2) is 5.19. The highest BCUT2D eigenvalue weighted by Gasteiger charge is 2.42. The molecule has 0 spiro atoms. The number of benzene rings is 1. The molecule has 2 rings (SSSR count). The Bertz CT molecular complexity index is 367. The summed E-state index contributed by atoms with van der Waals surface area (Å²) in [4.78, 5) is 0. The maximum atomic E-state index is 10.7. The number of hydrogen-bond acceptors (Lipinski definition) is 2. The summed E-state index contributed by atoms with van der Waals surface area (Å²) >= 11 is 0. The Kier molecular flexibility index (Phi) is 3.85. The lowest BCUT2D eigenvalue weighted by molar-refractivity contribution is -0.118. The van der Waals surface area contributed by atoms with Crippen LogP contribution in [0.25, 0.3) is 0 Å². The van der Waals surface area contributed by atoms with Crippen molar-refractivity contribution < 1.29 is 9.84 Å². The summed E-state index contributed by atoms with van der Waals surface area (Å²) in [6.07, 6.45) is 3.75. The topological polar surface area (TPSA) is 29.5 Å².